The Kier molecular flexibility index (Phi) is 4.37. The fourth-order valence-corrected chi connectivity index (χ4v) is 6.61. The Morgan fingerprint density at radius 1 is 0.821 bits per heavy atom. The first-order valence-electron chi connectivity index (χ1n) is 10.6. The van der Waals surface area contributed by atoms with Gasteiger partial charge in [-0.3, -0.25) is 20.4 Å². The molecule has 0 heterocycles. The lowest BCUT2D eigenvalue weighted by Gasteiger charge is -2.56. The minimum absolute atomic E-state index is 0.0335. The zero-order valence-electron chi connectivity index (χ0n) is 16.2. The van der Waals surface area contributed by atoms with Gasteiger partial charge in [0.05, 0.1) is 6.42 Å². The van der Waals surface area contributed by atoms with Crippen LogP contribution in [0.5, 0.6) is 0 Å². The van der Waals surface area contributed by atoms with Crippen LogP contribution in [0.25, 0.3) is 10.8 Å². The number of fused-ring (bicyclic) bond motifs is 1. The van der Waals surface area contributed by atoms with E-state index in [-0.39, 0.29) is 23.7 Å². The second-order valence-corrected chi connectivity index (χ2v) is 9.55. The highest BCUT2D eigenvalue weighted by Gasteiger charge is 2.51. The predicted octanol–water partition coefficient (Wildman–Crippen LogP) is 4.14. The number of carbonyl (C=O) groups is 2. The highest BCUT2D eigenvalue weighted by atomic mass is 16.2. The fraction of sp³-hybridized carbons (Fsp3) is 0.500. The molecule has 6 rings (SSSR count). The van der Waals surface area contributed by atoms with Gasteiger partial charge in [-0.1, -0.05) is 42.5 Å². The normalized spacial score (nSPS) is 30.4. The van der Waals surface area contributed by atoms with Gasteiger partial charge in [0.25, 0.3) is 0 Å². The van der Waals surface area contributed by atoms with Gasteiger partial charge in [0.15, 0.2) is 0 Å². The Morgan fingerprint density at radius 3 is 2.11 bits per heavy atom. The van der Waals surface area contributed by atoms with Gasteiger partial charge in [0, 0.05) is 6.42 Å². The van der Waals surface area contributed by atoms with E-state index in [9.17, 15) is 9.59 Å². The summed E-state index contributed by atoms with van der Waals surface area (Å²) in [6, 6.07) is 14.1. The van der Waals surface area contributed by atoms with Crippen molar-refractivity contribution in [3.8, 4) is 0 Å². The number of nitrogens with one attached hydrogen (secondary N) is 2. The highest BCUT2D eigenvalue weighted by Crippen LogP contribution is 2.61. The zero-order chi connectivity index (χ0) is 19.1. The molecule has 2 aromatic carbocycles. The monoisotopic (exact) mass is 376 g/mol. The molecule has 0 atom stereocenters. The molecule has 0 radical (unpaired) electrons. The second-order valence-electron chi connectivity index (χ2n) is 9.55. The van der Waals surface area contributed by atoms with Crippen LogP contribution in [0, 0.1) is 23.2 Å². The Bertz CT molecular complexity index is 884. The van der Waals surface area contributed by atoms with Crippen LogP contribution in [-0.4, -0.2) is 11.8 Å². The van der Waals surface area contributed by atoms with Crippen LogP contribution >= 0.6 is 0 Å². The lowest BCUT2D eigenvalue weighted by molar-refractivity contribution is -0.134. The largest absolute Gasteiger partial charge is 0.273 e. The van der Waals surface area contributed by atoms with Crippen molar-refractivity contribution in [3.05, 3.63) is 48.0 Å². The Morgan fingerprint density at radius 2 is 1.43 bits per heavy atom. The van der Waals surface area contributed by atoms with Crippen LogP contribution < -0.4 is 10.9 Å². The Hall–Kier alpha value is -2.36. The van der Waals surface area contributed by atoms with Crippen LogP contribution in [0.1, 0.15) is 50.5 Å². The number of benzene rings is 2. The van der Waals surface area contributed by atoms with Crippen molar-refractivity contribution in [1.82, 2.24) is 10.9 Å². The van der Waals surface area contributed by atoms with Gasteiger partial charge in [-0.25, -0.2) is 0 Å². The van der Waals surface area contributed by atoms with Crippen molar-refractivity contribution in [3.63, 3.8) is 0 Å². The first-order chi connectivity index (χ1) is 13.6. The van der Waals surface area contributed by atoms with Gasteiger partial charge in [-0.15, -0.1) is 0 Å². The van der Waals surface area contributed by atoms with E-state index in [0.717, 1.165) is 34.1 Å². The Balaban J connectivity index is 1.15. The number of carbonyl (C=O) groups excluding carboxylic acids is 2. The van der Waals surface area contributed by atoms with Gasteiger partial charge in [-0.05, 0) is 78.0 Å². The summed E-state index contributed by atoms with van der Waals surface area (Å²) in [5.41, 5.74) is 6.45. The van der Waals surface area contributed by atoms with Gasteiger partial charge in [0.1, 0.15) is 0 Å². The molecule has 0 unspecified atom stereocenters. The molecule has 4 nitrogen and oxygen atoms in total. The molecule has 0 saturated heterocycles. The molecule has 4 aliphatic carbocycles. The van der Waals surface area contributed by atoms with Crippen LogP contribution in [0.4, 0.5) is 0 Å². The molecule has 0 aliphatic heterocycles. The topological polar surface area (TPSA) is 58.2 Å². The maximum Gasteiger partial charge on any atom is 0.242 e. The van der Waals surface area contributed by atoms with Crippen LogP contribution in [0.2, 0.25) is 0 Å². The molecule has 28 heavy (non-hydrogen) atoms. The van der Waals surface area contributed by atoms with E-state index >= 15 is 0 Å². The van der Waals surface area contributed by atoms with Crippen molar-refractivity contribution >= 4 is 22.6 Å². The zero-order valence-corrected chi connectivity index (χ0v) is 16.2. The third-order valence-electron chi connectivity index (χ3n) is 7.22. The van der Waals surface area contributed by atoms with Crippen LogP contribution in [0.15, 0.2) is 42.5 Å². The summed E-state index contributed by atoms with van der Waals surface area (Å²) in [6.07, 6.45) is 8.58. The quantitative estimate of drug-likeness (QED) is 0.788. The van der Waals surface area contributed by atoms with Crippen LogP contribution in [0.3, 0.4) is 0 Å². The third-order valence-corrected chi connectivity index (χ3v) is 7.22. The summed E-state index contributed by atoms with van der Waals surface area (Å²) < 4.78 is 0. The molecule has 4 aliphatic rings. The summed E-state index contributed by atoms with van der Waals surface area (Å²) in [5, 5.41) is 2.29. The lowest BCUT2D eigenvalue weighted by atomic mass is 9.49. The molecule has 0 aromatic heterocycles. The maximum atomic E-state index is 12.5. The number of hydrogen-bond donors (Lipinski definition) is 2. The van der Waals surface area contributed by atoms with E-state index < -0.39 is 0 Å². The molecular formula is C24H28N2O2. The van der Waals surface area contributed by atoms with Crippen molar-refractivity contribution in [2.45, 2.75) is 51.4 Å². The number of rotatable bonds is 4. The van der Waals surface area contributed by atoms with Crippen molar-refractivity contribution in [1.29, 1.82) is 0 Å². The van der Waals surface area contributed by atoms with Gasteiger partial charge in [-0.2, -0.15) is 0 Å². The number of amides is 2. The average molecular weight is 377 g/mol. The molecular weight excluding hydrogens is 348 g/mol. The summed E-state index contributed by atoms with van der Waals surface area (Å²) in [4.78, 5) is 24.8. The SMILES string of the molecule is O=C(Cc1ccc2ccccc2c1)NNC(=O)CC12CC3CC(CC(C3)C1)C2. The summed E-state index contributed by atoms with van der Waals surface area (Å²) in [5.74, 6) is 2.30. The molecule has 2 amide bonds. The van der Waals surface area contributed by atoms with Gasteiger partial charge >= 0.3 is 0 Å². The van der Waals surface area contributed by atoms with Gasteiger partial charge in [0.2, 0.25) is 11.8 Å². The average Bonchev–Trinajstić information content (AvgIpc) is 2.65. The molecule has 2 aromatic rings. The molecule has 4 fully saturated rings. The maximum absolute atomic E-state index is 12.5. The molecule has 146 valence electrons. The summed E-state index contributed by atoms with van der Waals surface area (Å²) in [7, 11) is 0. The Labute approximate surface area is 166 Å². The predicted molar refractivity (Wildman–Crippen MR) is 109 cm³/mol. The smallest absolute Gasteiger partial charge is 0.242 e. The molecule has 4 heteroatoms. The van der Waals surface area contributed by atoms with Crippen molar-refractivity contribution < 1.29 is 9.59 Å². The van der Waals surface area contributed by atoms with E-state index in [1.54, 1.807) is 0 Å². The molecule has 2 N–H and O–H groups in total. The minimum Gasteiger partial charge on any atom is -0.273 e. The first kappa shape index (κ1) is 17.7. The molecule has 0 spiro atoms. The summed E-state index contributed by atoms with van der Waals surface area (Å²) >= 11 is 0. The lowest BCUT2D eigenvalue weighted by Crippen LogP contribution is -2.50. The third kappa shape index (κ3) is 3.52. The standard InChI is InChI=1S/C24H28N2O2/c27-22(11-16-5-6-20-3-1-2-4-21(20)10-16)25-26-23(28)15-24-12-17-7-18(13-24)9-19(8-17)14-24/h1-6,10,17-19H,7-9,11-15H2,(H,25,27)(H,26,28). The van der Waals surface area contributed by atoms with E-state index in [1.807, 2.05) is 36.4 Å². The first-order valence-corrected chi connectivity index (χ1v) is 10.6. The second kappa shape index (κ2) is 6.91. The molecule has 4 bridgehead atoms. The summed E-state index contributed by atoms with van der Waals surface area (Å²) in [6.45, 7) is 0. The van der Waals surface area contributed by atoms with E-state index in [1.165, 1.54) is 38.5 Å². The van der Waals surface area contributed by atoms with Crippen molar-refractivity contribution in [2.75, 3.05) is 0 Å². The number of hydrogen-bond acceptors (Lipinski definition) is 2. The van der Waals surface area contributed by atoms with E-state index in [0.29, 0.717) is 6.42 Å². The minimum atomic E-state index is -0.172. The van der Waals surface area contributed by atoms with Crippen LogP contribution in [-0.2, 0) is 16.0 Å². The van der Waals surface area contributed by atoms with Crippen molar-refractivity contribution in [2.24, 2.45) is 23.2 Å². The van der Waals surface area contributed by atoms with E-state index in [2.05, 4.69) is 16.9 Å². The van der Waals surface area contributed by atoms with Gasteiger partial charge < -0.3 is 0 Å². The highest BCUT2D eigenvalue weighted by molar-refractivity contribution is 5.86. The fourth-order valence-electron chi connectivity index (χ4n) is 6.61. The number of hydrazine groups is 1. The molecule has 4 saturated carbocycles. The van der Waals surface area contributed by atoms with E-state index in [4.69, 9.17) is 0 Å².